The van der Waals surface area contributed by atoms with Crippen LogP contribution in [0.3, 0.4) is 0 Å². The molecule has 4 nitrogen and oxygen atoms in total. The second kappa shape index (κ2) is 3.76. The summed E-state index contributed by atoms with van der Waals surface area (Å²) in [6.07, 6.45) is 2.72. The lowest BCUT2D eigenvalue weighted by Gasteiger charge is -2.27. The highest BCUT2D eigenvalue weighted by Crippen LogP contribution is 2.32. The molecule has 2 rings (SSSR count). The van der Waals surface area contributed by atoms with Gasteiger partial charge in [-0.3, -0.25) is 9.69 Å². The maximum atomic E-state index is 11.0. The summed E-state index contributed by atoms with van der Waals surface area (Å²) in [6, 6.07) is 0.0103. The normalized spacial score (nSPS) is 35.9. The largest absolute Gasteiger partial charge is 0.480 e. The van der Waals surface area contributed by atoms with Gasteiger partial charge in [0.25, 0.3) is 0 Å². The van der Waals surface area contributed by atoms with E-state index in [1.54, 1.807) is 0 Å². The van der Waals surface area contributed by atoms with E-state index in [-0.39, 0.29) is 11.6 Å². The van der Waals surface area contributed by atoms with Crippen molar-refractivity contribution in [3.8, 4) is 0 Å². The molecule has 0 aromatic carbocycles. The van der Waals surface area contributed by atoms with Crippen LogP contribution in [0, 0.1) is 0 Å². The zero-order valence-corrected chi connectivity index (χ0v) is 9.40. The van der Waals surface area contributed by atoms with Crippen LogP contribution in [-0.4, -0.2) is 46.8 Å². The lowest BCUT2D eigenvalue weighted by Crippen LogP contribution is -2.43. The molecule has 4 heteroatoms. The monoisotopic (exact) mass is 213 g/mol. The lowest BCUT2D eigenvalue weighted by atomic mass is 10.0. The van der Waals surface area contributed by atoms with Gasteiger partial charge >= 0.3 is 5.97 Å². The molecule has 2 aliphatic heterocycles. The molecule has 86 valence electrons. The van der Waals surface area contributed by atoms with Gasteiger partial charge in [0.1, 0.15) is 6.04 Å². The van der Waals surface area contributed by atoms with Crippen LogP contribution in [0.25, 0.3) is 0 Å². The maximum absolute atomic E-state index is 11.0. The van der Waals surface area contributed by atoms with Gasteiger partial charge in [-0.2, -0.15) is 0 Å². The first-order chi connectivity index (χ1) is 6.99. The first-order valence-electron chi connectivity index (χ1n) is 5.62. The number of ether oxygens (including phenoxy) is 1. The van der Waals surface area contributed by atoms with Crippen molar-refractivity contribution in [3.05, 3.63) is 0 Å². The Balaban J connectivity index is 2.02. The summed E-state index contributed by atoms with van der Waals surface area (Å²) < 4.78 is 5.66. The Morgan fingerprint density at radius 3 is 2.80 bits per heavy atom. The van der Waals surface area contributed by atoms with Gasteiger partial charge in [0.05, 0.1) is 12.2 Å². The Morgan fingerprint density at radius 1 is 1.53 bits per heavy atom. The number of carbonyl (C=O) groups is 1. The first kappa shape index (κ1) is 10.9. The summed E-state index contributed by atoms with van der Waals surface area (Å²) in [5.41, 5.74) is -0.0870. The molecule has 2 aliphatic rings. The van der Waals surface area contributed by atoms with E-state index in [1.807, 2.05) is 0 Å². The van der Waals surface area contributed by atoms with E-state index in [9.17, 15) is 4.79 Å². The Kier molecular flexibility index (Phi) is 2.73. The van der Waals surface area contributed by atoms with Gasteiger partial charge in [0.2, 0.25) is 0 Å². The summed E-state index contributed by atoms with van der Waals surface area (Å²) in [4.78, 5) is 13.2. The topological polar surface area (TPSA) is 49.8 Å². The zero-order chi connectivity index (χ0) is 11.1. The first-order valence-corrected chi connectivity index (χ1v) is 5.62. The van der Waals surface area contributed by atoms with Gasteiger partial charge in [0, 0.05) is 6.04 Å². The number of carboxylic acids is 1. The van der Waals surface area contributed by atoms with Gasteiger partial charge < -0.3 is 9.84 Å². The number of rotatable bonds is 2. The van der Waals surface area contributed by atoms with Gasteiger partial charge in [-0.05, 0) is 39.7 Å². The van der Waals surface area contributed by atoms with Crippen molar-refractivity contribution in [1.29, 1.82) is 0 Å². The minimum absolute atomic E-state index is 0.0870. The smallest absolute Gasteiger partial charge is 0.320 e. The highest BCUT2D eigenvalue weighted by Gasteiger charge is 2.41. The third-order valence-corrected chi connectivity index (χ3v) is 3.44. The molecule has 0 aromatic heterocycles. The van der Waals surface area contributed by atoms with Crippen molar-refractivity contribution in [3.63, 3.8) is 0 Å². The fraction of sp³-hybridized carbons (Fsp3) is 0.909. The van der Waals surface area contributed by atoms with Crippen molar-refractivity contribution in [2.45, 2.75) is 50.8 Å². The highest BCUT2D eigenvalue weighted by atomic mass is 16.5. The minimum Gasteiger partial charge on any atom is -0.480 e. The Bertz CT molecular complexity index is 265. The SMILES string of the molecule is CC1(C)CC(N2CCCC2C(=O)O)CO1. The van der Waals surface area contributed by atoms with Crippen molar-refractivity contribution in [1.82, 2.24) is 4.90 Å². The van der Waals surface area contributed by atoms with Gasteiger partial charge in [-0.1, -0.05) is 0 Å². The van der Waals surface area contributed by atoms with E-state index in [1.165, 1.54) is 0 Å². The molecule has 0 radical (unpaired) electrons. The van der Waals surface area contributed by atoms with Gasteiger partial charge in [0.15, 0.2) is 0 Å². The summed E-state index contributed by atoms with van der Waals surface area (Å²) >= 11 is 0. The average Bonchev–Trinajstić information content (AvgIpc) is 2.69. The molecule has 2 saturated heterocycles. The molecule has 2 unspecified atom stereocenters. The van der Waals surface area contributed by atoms with Crippen LogP contribution < -0.4 is 0 Å². The van der Waals surface area contributed by atoms with E-state index < -0.39 is 5.97 Å². The van der Waals surface area contributed by atoms with E-state index in [4.69, 9.17) is 9.84 Å². The highest BCUT2D eigenvalue weighted by molar-refractivity contribution is 5.73. The molecule has 0 aliphatic carbocycles. The van der Waals surface area contributed by atoms with E-state index in [0.717, 1.165) is 25.8 Å². The molecular formula is C11H19NO3. The van der Waals surface area contributed by atoms with Crippen LogP contribution >= 0.6 is 0 Å². The second-order valence-corrected chi connectivity index (χ2v) is 5.16. The standard InChI is InChI=1S/C11H19NO3/c1-11(2)6-8(7-15-11)12-5-3-4-9(12)10(13)14/h8-9H,3-7H2,1-2H3,(H,13,14). The number of likely N-dealkylation sites (tertiary alicyclic amines) is 1. The Hall–Kier alpha value is -0.610. The van der Waals surface area contributed by atoms with Crippen molar-refractivity contribution in [2.75, 3.05) is 13.2 Å². The van der Waals surface area contributed by atoms with Crippen LogP contribution in [0.15, 0.2) is 0 Å². The number of hydrogen-bond donors (Lipinski definition) is 1. The van der Waals surface area contributed by atoms with Crippen LogP contribution in [0.1, 0.15) is 33.1 Å². The van der Waals surface area contributed by atoms with Crippen LogP contribution in [-0.2, 0) is 9.53 Å². The fourth-order valence-electron chi connectivity index (χ4n) is 2.71. The number of aliphatic carboxylic acids is 1. The third kappa shape index (κ3) is 2.16. The summed E-state index contributed by atoms with van der Waals surface area (Å²) in [5, 5.41) is 9.09. The van der Waals surface area contributed by atoms with Crippen molar-refractivity contribution in [2.24, 2.45) is 0 Å². The Labute approximate surface area is 90.2 Å². The second-order valence-electron chi connectivity index (χ2n) is 5.16. The predicted molar refractivity (Wildman–Crippen MR) is 55.8 cm³/mol. The van der Waals surface area contributed by atoms with Gasteiger partial charge in [-0.15, -0.1) is 0 Å². The number of carboxylic acid groups (broad SMARTS) is 1. The molecule has 2 atom stereocenters. The van der Waals surface area contributed by atoms with Crippen LogP contribution in [0.2, 0.25) is 0 Å². The molecule has 0 amide bonds. The average molecular weight is 213 g/mol. The molecule has 15 heavy (non-hydrogen) atoms. The van der Waals surface area contributed by atoms with E-state index in [0.29, 0.717) is 12.6 Å². The Morgan fingerprint density at radius 2 is 2.27 bits per heavy atom. The third-order valence-electron chi connectivity index (χ3n) is 3.44. The van der Waals surface area contributed by atoms with Crippen LogP contribution in [0.5, 0.6) is 0 Å². The van der Waals surface area contributed by atoms with E-state index in [2.05, 4.69) is 18.7 Å². The molecule has 0 bridgehead atoms. The summed E-state index contributed by atoms with van der Waals surface area (Å²) in [5.74, 6) is -0.683. The van der Waals surface area contributed by atoms with Crippen molar-refractivity contribution < 1.29 is 14.6 Å². The van der Waals surface area contributed by atoms with Gasteiger partial charge in [-0.25, -0.2) is 0 Å². The summed E-state index contributed by atoms with van der Waals surface area (Å²) in [6.45, 7) is 5.72. The molecule has 1 N–H and O–H groups in total. The number of nitrogens with zero attached hydrogens (tertiary/aromatic N) is 1. The van der Waals surface area contributed by atoms with Crippen LogP contribution in [0.4, 0.5) is 0 Å². The molecule has 0 spiro atoms. The number of hydrogen-bond acceptors (Lipinski definition) is 3. The quantitative estimate of drug-likeness (QED) is 0.746. The zero-order valence-electron chi connectivity index (χ0n) is 9.40. The lowest BCUT2D eigenvalue weighted by molar-refractivity contribution is -0.142. The van der Waals surface area contributed by atoms with Crippen molar-refractivity contribution >= 4 is 5.97 Å². The summed E-state index contributed by atoms with van der Waals surface area (Å²) in [7, 11) is 0. The molecule has 2 fully saturated rings. The predicted octanol–water partition coefficient (Wildman–Crippen LogP) is 1.10. The molecular weight excluding hydrogens is 194 g/mol. The van der Waals surface area contributed by atoms with E-state index >= 15 is 0 Å². The molecule has 0 saturated carbocycles. The maximum Gasteiger partial charge on any atom is 0.320 e. The molecule has 2 heterocycles. The molecule has 0 aromatic rings. The minimum atomic E-state index is -0.683. The fourth-order valence-corrected chi connectivity index (χ4v) is 2.71.